The highest BCUT2D eigenvalue weighted by atomic mass is 32.2. The van der Waals surface area contributed by atoms with Crippen LogP contribution in [0.3, 0.4) is 0 Å². The van der Waals surface area contributed by atoms with E-state index >= 15 is 0 Å². The second kappa shape index (κ2) is 4.08. The summed E-state index contributed by atoms with van der Waals surface area (Å²) in [7, 11) is -3.71. The lowest BCUT2D eigenvalue weighted by Gasteiger charge is -2.08. The molecule has 0 aliphatic heterocycles. The third-order valence-corrected chi connectivity index (χ3v) is 1.44. The van der Waals surface area contributed by atoms with E-state index in [1.54, 1.807) is 0 Å². The van der Waals surface area contributed by atoms with Gasteiger partial charge in [-0.2, -0.15) is 0 Å². The maximum absolute atomic E-state index is 10.6. The summed E-state index contributed by atoms with van der Waals surface area (Å²) in [4.78, 5) is 20.7. The Labute approximate surface area is 74.7 Å². The first-order valence-electron chi connectivity index (χ1n) is 3.13. The summed E-state index contributed by atoms with van der Waals surface area (Å²) in [6.45, 7) is 1.10. The molecule has 0 aromatic rings. The molecule has 0 saturated heterocycles. The van der Waals surface area contributed by atoms with Crippen LogP contribution in [-0.4, -0.2) is 37.9 Å². The second-order valence-corrected chi connectivity index (χ2v) is 4.01. The monoisotopic (exact) mass is 211 g/mol. The lowest BCUT2D eigenvalue weighted by Crippen LogP contribution is -2.34. The van der Waals surface area contributed by atoms with E-state index in [2.05, 4.69) is 4.74 Å². The number of rotatable bonds is 3. The summed E-state index contributed by atoms with van der Waals surface area (Å²) in [6, 6.07) is 0. The first kappa shape index (κ1) is 11.7. The third-order valence-electron chi connectivity index (χ3n) is 0.900. The van der Waals surface area contributed by atoms with Crippen LogP contribution in [-0.2, 0) is 19.6 Å². The highest BCUT2D eigenvalue weighted by Crippen LogP contribution is 1.91. The average molecular weight is 211 g/mol. The van der Waals surface area contributed by atoms with E-state index in [4.69, 9.17) is 5.11 Å². The first-order chi connectivity index (χ1) is 5.72. The van der Waals surface area contributed by atoms with Crippen LogP contribution < -0.4 is 4.72 Å². The number of sulfonamides is 1. The second-order valence-electron chi connectivity index (χ2n) is 2.26. The molecule has 7 nitrogen and oxygen atoms in total. The maximum atomic E-state index is 10.6. The largest absolute Gasteiger partial charge is 0.479 e. The van der Waals surface area contributed by atoms with Gasteiger partial charge in [-0.05, 0) is 6.92 Å². The molecule has 8 heteroatoms. The molecule has 0 spiro atoms. The number of ether oxygens (including phenoxy) is 1. The molecule has 0 heterocycles. The summed E-state index contributed by atoms with van der Waals surface area (Å²) in [5, 5.41) is 8.27. The lowest BCUT2D eigenvalue weighted by atomic mass is 10.4. The minimum absolute atomic E-state index is 0.750. The molecule has 0 aromatic carbocycles. The van der Waals surface area contributed by atoms with Crippen molar-refractivity contribution in [2.45, 2.75) is 13.0 Å². The number of nitrogens with one attached hydrogen (secondary N) is 1. The van der Waals surface area contributed by atoms with Gasteiger partial charge in [0.1, 0.15) is 0 Å². The van der Waals surface area contributed by atoms with E-state index in [0.29, 0.717) is 0 Å². The van der Waals surface area contributed by atoms with Crippen molar-refractivity contribution in [1.29, 1.82) is 0 Å². The van der Waals surface area contributed by atoms with Gasteiger partial charge in [-0.1, -0.05) is 0 Å². The van der Waals surface area contributed by atoms with Gasteiger partial charge >= 0.3 is 12.1 Å². The van der Waals surface area contributed by atoms with Crippen molar-refractivity contribution in [3.63, 3.8) is 0 Å². The molecule has 0 rings (SSSR count). The van der Waals surface area contributed by atoms with Gasteiger partial charge in [-0.3, -0.25) is 0 Å². The summed E-state index contributed by atoms with van der Waals surface area (Å²) in [6.07, 6.45) is -1.95. The molecule has 1 unspecified atom stereocenters. The molecule has 0 radical (unpaired) electrons. The first-order valence-corrected chi connectivity index (χ1v) is 5.02. The van der Waals surface area contributed by atoms with Crippen molar-refractivity contribution < 1.29 is 27.9 Å². The van der Waals surface area contributed by atoms with Crippen molar-refractivity contribution in [1.82, 2.24) is 4.72 Å². The van der Waals surface area contributed by atoms with Gasteiger partial charge in [0, 0.05) is 0 Å². The Morgan fingerprint density at radius 3 is 2.23 bits per heavy atom. The van der Waals surface area contributed by atoms with E-state index in [1.165, 1.54) is 4.72 Å². The highest BCUT2D eigenvalue weighted by Gasteiger charge is 2.18. The van der Waals surface area contributed by atoms with Gasteiger partial charge in [0.05, 0.1) is 6.26 Å². The molecule has 76 valence electrons. The van der Waals surface area contributed by atoms with E-state index in [0.717, 1.165) is 13.2 Å². The Balaban J connectivity index is 4.11. The molecule has 1 atom stereocenters. The number of hydrogen-bond acceptors (Lipinski definition) is 5. The topological polar surface area (TPSA) is 110 Å². The predicted octanol–water partition coefficient (Wildman–Crippen LogP) is -0.855. The quantitative estimate of drug-likeness (QED) is 0.628. The number of hydrogen-bond donors (Lipinski definition) is 2. The van der Waals surface area contributed by atoms with Crippen molar-refractivity contribution in [2.24, 2.45) is 0 Å². The summed E-state index contributed by atoms with van der Waals surface area (Å²) >= 11 is 0. The van der Waals surface area contributed by atoms with E-state index < -0.39 is 28.2 Å². The number of carbonyl (C=O) groups excluding carboxylic acids is 1. The summed E-state index contributed by atoms with van der Waals surface area (Å²) in [5.41, 5.74) is 0. The zero-order valence-corrected chi connectivity index (χ0v) is 7.79. The molecule has 0 saturated carbocycles. The fourth-order valence-electron chi connectivity index (χ4n) is 0.386. The number of carboxylic acids is 1. The molecule has 2 N–H and O–H groups in total. The van der Waals surface area contributed by atoms with Crippen LogP contribution in [0.2, 0.25) is 0 Å². The minimum Gasteiger partial charge on any atom is -0.479 e. The number of amides is 1. The van der Waals surface area contributed by atoms with E-state index in [9.17, 15) is 18.0 Å². The average Bonchev–Trinajstić information content (AvgIpc) is 1.81. The smallest absolute Gasteiger partial charge is 0.421 e. The minimum atomic E-state index is -3.71. The highest BCUT2D eigenvalue weighted by molar-refractivity contribution is 7.89. The van der Waals surface area contributed by atoms with Crippen LogP contribution in [0.4, 0.5) is 4.79 Å². The Bertz CT molecular complexity index is 307. The molecular weight excluding hydrogens is 202 g/mol. The number of aliphatic carboxylic acids is 1. The number of carbonyl (C=O) groups is 2. The molecule has 0 fully saturated rings. The molecule has 0 aliphatic rings. The van der Waals surface area contributed by atoms with Gasteiger partial charge in [-0.25, -0.2) is 22.7 Å². The van der Waals surface area contributed by atoms with Crippen LogP contribution in [0.5, 0.6) is 0 Å². The van der Waals surface area contributed by atoms with Crippen LogP contribution in [0.1, 0.15) is 6.92 Å². The zero-order chi connectivity index (χ0) is 10.6. The van der Waals surface area contributed by atoms with Crippen molar-refractivity contribution in [3.8, 4) is 0 Å². The maximum Gasteiger partial charge on any atom is 0.421 e. The van der Waals surface area contributed by atoms with Gasteiger partial charge in [-0.15, -0.1) is 0 Å². The standard InChI is InChI=1S/C5H9NO6S/c1-3(4(7)8)12-5(9)6-13(2,10)11/h3H,1-2H3,(H,6,9)(H,7,8). The van der Waals surface area contributed by atoms with Crippen LogP contribution in [0.15, 0.2) is 0 Å². The molecule has 0 bridgehead atoms. The van der Waals surface area contributed by atoms with E-state index in [1.807, 2.05) is 0 Å². The van der Waals surface area contributed by atoms with Crippen molar-refractivity contribution in [2.75, 3.05) is 6.26 Å². The molecule has 1 amide bonds. The summed E-state index contributed by atoms with van der Waals surface area (Å²) in [5.74, 6) is -1.36. The fourth-order valence-corrected chi connectivity index (χ4v) is 0.737. The van der Waals surface area contributed by atoms with Gasteiger partial charge < -0.3 is 9.84 Å². The van der Waals surface area contributed by atoms with Crippen LogP contribution in [0.25, 0.3) is 0 Å². The van der Waals surface area contributed by atoms with E-state index in [-0.39, 0.29) is 0 Å². The van der Waals surface area contributed by atoms with Crippen LogP contribution in [0, 0.1) is 0 Å². The summed E-state index contributed by atoms with van der Waals surface area (Å²) < 4.78 is 26.5. The molecular formula is C5H9NO6S. The Morgan fingerprint density at radius 1 is 1.46 bits per heavy atom. The SMILES string of the molecule is CC(OC(=O)NS(C)(=O)=O)C(=O)O. The normalized spacial score (nSPS) is 13.1. The number of carboxylic acid groups (broad SMARTS) is 1. The third kappa shape index (κ3) is 5.91. The lowest BCUT2D eigenvalue weighted by molar-refractivity contribution is -0.145. The molecule has 0 aromatic heterocycles. The Kier molecular flexibility index (Phi) is 3.67. The fraction of sp³-hybridized carbons (Fsp3) is 0.600. The predicted molar refractivity (Wildman–Crippen MR) is 41.6 cm³/mol. The molecule has 0 aliphatic carbocycles. The van der Waals surface area contributed by atoms with Crippen molar-refractivity contribution in [3.05, 3.63) is 0 Å². The van der Waals surface area contributed by atoms with Crippen LogP contribution >= 0.6 is 0 Å². The Hall–Kier alpha value is -1.31. The molecule has 13 heavy (non-hydrogen) atoms. The Morgan fingerprint density at radius 2 is 1.92 bits per heavy atom. The van der Waals surface area contributed by atoms with Gasteiger partial charge in [0.15, 0.2) is 6.10 Å². The van der Waals surface area contributed by atoms with Gasteiger partial charge in [0.25, 0.3) is 0 Å². The van der Waals surface area contributed by atoms with Crippen molar-refractivity contribution >= 4 is 22.1 Å². The van der Waals surface area contributed by atoms with Gasteiger partial charge in [0.2, 0.25) is 10.0 Å². The zero-order valence-electron chi connectivity index (χ0n) is 6.97.